The fourth-order valence-electron chi connectivity index (χ4n) is 4.51. The summed E-state index contributed by atoms with van der Waals surface area (Å²) in [7, 11) is 0. The van der Waals surface area contributed by atoms with Gasteiger partial charge in [-0.1, -0.05) is 79.5 Å². The summed E-state index contributed by atoms with van der Waals surface area (Å²) in [5.41, 5.74) is 2.78. The molecule has 1 aliphatic heterocycles. The number of nitrogens with one attached hydrogen (secondary N) is 1. The van der Waals surface area contributed by atoms with Crippen LogP contribution in [0.3, 0.4) is 0 Å². The Morgan fingerprint density at radius 2 is 1.68 bits per heavy atom. The maximum Gasteiger partial charge on any atom is 0.243 e. The molecule has 1 unspecified atom stereocenters. The summed E-state index contributed by atoms with van der Waals surface area (Å²) >= 11 is 6.50. The van der Waals surface area contributed by atoms with Crippen LogP contribution in [0.5, 0.6) is 11.5 Å². The summed E-state index contributed by atoms with van der Waals surface area (Å²) in [5.74, 6) is 1.16. The summed E-state index contributed by atoms with van der Waals surface area (Å²) in [6, 6.07) is 22.4. The van der Waals surface area contributed by atoms with Gasteiger partial charge in [-0.25, -0.2) is 0 Å². The predicted octanol–water partition coefficient (Wildman–Crippen LogP) is 5.60. The lowest BCUT2D eigenvalue weighted by molar-refractivity contribution is -0.141. The zero-order valence-electron chi connectivity index (χ0n) is 21.8. The molecule has 0 saturated carbocycles. The summed E-state index contributed by atoms with van der Waals surface area (Å²) in [6.07, 6.45) is 3.04. The third-order valence-corrected chi connectivity index (χ3v) is 7.00. The number of hydrogen-bond donors (Lipinski definition) is 1. The molecule has 38 heavy (non-hydrogen) atoms. The minimum atomic E-state index is -0.668. The quantitative estimate of drug-likeness (QED) is 0.307. The van der Waals surface area contributed by atoms with Crippen molar-refractivity contribution in [2.75, 3.05) is 19.8 Å². The highest BCUT2D eigenvalue weighted by atomic mass is 35.5. The summed E-state index contributed by atoms with van der Waals surface area (Å²) in [5, 5.41) is 3.62. The highest BCUT2D eigenvalue weighted by molar-refractivity contribution is 6.31. The van der Waals surface area contributed by atoms with Gasteiger partial charge in [0, 0.05) is 31.0 Å². The van der Waals surface area contributed by atoms with E-state index in [1.807, 2.05) is 72.8 Å². The van der Waals surface area contributed by atoms with Crippen LogP contribution in [-0.2, 0) is 29.0 Å². The van der Waals surface area contributed by atoms with E-state index in [1.165, 1.54) is 0 Å². The minimum Gasteiger partial charge on any atom is -0.486 e. The number of halogens is 1. The van der Waals surface area contributed by atoms with E-state index < -0.39 is 6.04 Å². The average Bonchev–Trinajstić information content (AvgIpc) is 2.95. The van der Waals surface area contributed by atoms with Crippen molar-refractivity contribution in [1.82, 2.24) is 10.2 Å². The second kappa shape index (κ2) is 13.9. The van der Waals surface area contributed by atoms with Crippen LogP contribution in [0.25, 0.3) is 0 Å². The predicted molar refractivity (Wildman–Crippen MR) is 150 cm³/mol. The number of rotatable bonds is 12. The van der Waals surface area contributed by atoms with Crippen molar-refractivity contribution in [2.24, 2.45) is 0 Å². The van der Waals surface area contributed by atoms with Crippen molar-refractivity contribution < 1.29 is 19.1 Å². The van der Waals surface area contributed by atoms with Crippen molar-refractivity contribution >= 4 is 23.4 Å². The average molecular weight is 535 g/mol. The van der Waals surface area contributed by atoms with Crippen molar-refractivity contribution in [3.63, 3.8) is 0 Å². The Balaban J connectivity index is 1.58. The highest BCUT2D eigenvalue weighted by Crippen LogP contribution is 2.31. The lowest BCUT2D eigenvalue weighted by atomic mass is 10.0. The fourth-order valence-corrected chi connectivity index (χ4v) is 4.70. The molecule has 2 amide bonds. The Hall–Kier alpha value is -3.51. The van der Waals surface area contributed by atoms with E-state index in [-0.39, 0.29) is 24.8 Å². The molecule has 3 aromatic rings. The Morgan fingerprint density at radius 3 is 2.45 bits per heavy atom. The topological polar surface area (TPSA) is 67.9 Å². The molecule has 1 atom stereocenters. The summed E-state index contributed by atoms with van der Waals surface area (Å²) in [6.45, 7) is 3.95. The van der Waals surface area contributed by atoms with Crippen LogP contribution < -0.4 is 14.8 Å². The lowest BCUT2D eigenvalue weighted by Crippen LogP contribution is -2.50. The third kappa shape index (κ3) is 7.51. The minimum absolute atomic E-state index is 0.105. The molecule has 0 aromatic heterocycles. The maximum atomic E-state index is 13.8. The standard InChI is InChI=1S/C31H35ClN2O4/c1-2-3-17-33-31(36)27(20-23-9-5-4-6-10-23)34(22-25-11-7-8-12-26(25)32)30(35)16-14-24-13-15-28-29(21-24)38-19-18-37-28/h4-13,15,21,27H,2-3,14,16-20,22H2,1H3,(H,33,36). The van der Waals surface area contributed by atoms with Crippen LogP contribution in [0.1, 0.15) is 42.9 Å². The highest BCUT2D eigenvalue weighted by Gasteiger charge is 2.30. The van der Waals surface area contributed by atoms with Crippen molar-refractivity contribution in [2.45, 2.75) is 51.6 Å². The van der Waals surface area contributed by atoms with E-state index >= 15 is 0 Å². The number of benzene rings is 3. The molecular weight excluding hydrogens is 500 g/mol. The van der Waals surface area contributed by atoms with Crippen LogP contribution in [-0.4, -0.2) is 42.5 Å². The molecule has 0 aliphatic carbocycles. The van der Waals surface area contributed by atoms with Crippen LogP contribution in [0.2, 0.25) is 5.02 Å². The third-order valence-electron chi connectivity index (χ3n) is 6.63. The second-order valence-electron chi connectivity index (χ2n) is 9.44. The molecule has 7 heteroatoms. The van der Waals surface area contributed by atoms with Crippen LogP contribution in [0.4, 0.5) is 0 Å². The summed E-state index contributed by atoms with van der Waals surface area (Å²) < 4.78 is 11.3. The molecule has 6 nitrogen and oxygen atoms in total. The number of ether oxygens (including phenoxy) is 2. The van der Waals surface area contributed by atoms with E-state index in [2.05, 4.69) is 12.2 Å². The monoisotopic (exact) mass is 534 g/mol. The number of hydrogen-bond acceptors (Lipinski definition) is 4. The normalized spacial score (nSPS) is 13.0. The SMILES string of the molecule is CCCCNC(=O)C(Cc1ccccc1)N(Cc1ccccc1Cl)C(=O)CCc1ccc2c(c1)OCCO2. The lowest BCUT2D eigenvalue weighted by Gasteiger charge is -2.32. The Labute approximate surface area is 229 Å². The van der Waals surface area contributed by atoms with Crippen molar-refractivity contribution in [3.8, 4) is 11.5 Å². The van der Waals surface area contributed by atoms with Gasteiger partial charge in [-0.2, -0.15) is 0 Å². The Bertz CT molecular complexity index is 1220. The largest absolute Gasteiger partial charge is 0.486 e. The molecule has 3 aromatic carbocycles. The number of nitrogens with zero attached hydrogens (tertiary/aromatic N) is 1. The van der Waals surface area contributed by atoms with E-state index in [4.69, 9.17) is 21.1 Å². The van der Waals surface area contributed by atoms with Gasteiger partial charge in [0.15, 0.2) is 11.5 Å². The fraction of sp³-hybridized carbons (Fsp3) is 0.355. The first kappa shape index (κ1) is 27.5. The zero-order chi connectivity index (χ0) is 26.7. The molecule has 1 heterocycles. The van der Waals surface area contributed by atoms with Crippen LogP contribution in [0, 0.1) is 0 Å². The smallest absolute Gasteiger partial charge is 0.243 e. The molecule has 1 aliphatic rings. The van der Waals surface area contributed by atoms with E-state index in [1.54, 1.807) is 4.90 Å². The molecule has 4 rings (SSSR count). The van der Waals surface area contributed by atoms with Gasteiger partial charge in [0.25, 0.3) is 0 Å². The molecule has 0 radical (unpaired) electrons. The van der Waals surface area contributed by atoms with Gasteiger partial charge in [-0.15, -0.1) is 0 Å². The van der Waals surface area contributed by atoms with Gasteiger partial charge in [0.1, 0.15) is 19.3 Å². The maximum absolute atomic E-state index is 13.8. The number of amides is 2. The zero-order valence-corrected chi connectivity index (χ0v) is 22.6. The van der Waals surface area contributed by atoms with E-state index in [0.717, 1.165) is 35.3 Å². The molecule has 0 bridgehead atoms. The molecule has 1 N–H and O–H groups in total. The number of carbonyl (C=O) groups excluding carboxylic acids is 2. The Morgan fingerprint density at radius 1 is 0.947 bits per heavy atom. The number of aryl methyl sites for hydroxylation is 1. The van der Waals surface area contributed by atoms with E-state index in [9.17, 15) is 9.59 Å². The molecule has 0 spiro atoms. The first-order chi connectivity index (χ1) is 18.5. The van der Waals surface area contributed by atoms with Gasteiger partial charge in [0.05, 0.1) is 0 Å². The molecule has 200 valence electrons. The number of fused-ring (bicyclic) bond motifs is 1. The van der Waals surface area contributed by atoms with Gasteiger partial charge in [-0.05, 0) is 47.7 Å². The molecular formula is C31H35ClN2O4. The first-order valence-electron chi connectivity index (χ1n) is 13.3. The first-order valence-corrected chi connectivity index (χ1v) is 13.7. The van der Waals surface area contributed by atoms with E-state index in [0.29, 0.717) is 43.4 Å². The van der Waals surface area contributed by atoms with Crippen molar-refractivity contribution in [3.05, 3.63) is 94.5 Å². The Kier molecular flexibility index (Phi) is 10.0. The molecule has 0 saturated heterocycles. The second-order valence-corrected chi connectivity index (χ2v) is 9.85. The van der Waals surface area contributed by atoms with Crippen molar-refractivity contribution in [1.29, 1.82) is 0 Å². The van der Waals surface area contributed by atoms with Gasteiger partial charge in [-0.3, -0.25) is 9.59 Å². The number of carbonyl (C=O) groups is 2. The summed E-state index contributed by atoms with van der Waals surface area (Å²) in [4.78, 5) is 29.0. The van der Waals surface area contributed by atoms with Gasteiger partial charge >= 0.3 is 0 Å². The van der Waals surface area contributed by atoms with Crippen LogP contribution >= 0.6 is 11.6 Å². The number of unbranched alkanes of at least 4 members (excludes halogenated alkanes) is 1. The van der Waals surface area contributed by atoms with Gasteiger partial charge in [0.2, 0.25) is 11.8 Å². The molecule has 0 fully saturated rings. The van der Waals surface area contributed by atoms with Crippen LogP contribution in [0.15, 0.2) is 72.8 Å². The van der Waals surface area contributed by atoms with Gasteiger partial charge < -0.3 is 19.7 Å².